The summed E-state index contributed by atoms with van der Waals surface area (Å²) in [6.45, 7) is 3.61. The van der Waals surface area contributed by atoms with E-state index in [1.807, 2.05) is 37.3 Å². The quantitative estimate of drug-likeness (QED) is 0.767. The molecule has 0 saturated carbocycles. The van der Waals surface area contributed by atoms with Crippen LogP contribution in [0.2, 0.25) is 0 Å². The van der Waals surface area contributed by atoms with Crippen molar-refractivity contribution >= 4 is 5.97 Å². The fraction of sp³-hybridized carbons (Fsp3) is 0.417. The van der Waals surface area contributed by atoms with Crippen LogP contribution < -0.4 is 5.73 Å². The van der Waals surface area contributed by atoms with E-state index in [0.29, 0.717) is 0 Å². The van der Waals surface area contributed by atoms with Gasteiger partial charge in [0.15, 0.2) is 0 Å². The number of methoxy groups -OCH3 is 1. The minimum Gasteiger partial charge on any atom is -0.469 e. The van der Waals surface area contributed by atoms with Crippen LogP contribution >= 0.6 is 0 Å². The largest absolute Gasteiger partial charge is 0.469 e. The second-order valence-corrected chi connectivity index (χ2v) is 3.89. The summed E-state index contributed by atoms with van der Waals surface area (Å²) in [5, 5.41) is 0. The van der Waals surface area contributed by atoms with E-state index < -0.39 is 5.54 Å². The lowest BCUT2D eigenvalue weighted by Gasteiger charge is -2.30. The van der Waals surface area contributed by atoms with Crippen LogP contribution in [0.15, 0.2) is 30.3 Å². The highest BCUT2D eigenvalue weighted by atomic mass is 16.5. The van der Waals surface area contributed by atoms with Crippen LogP contribution in [0.1, 0.15) is 19.4 Å². The molecular formula is C12H17NO2. The Labute approximate surface area is 90.2 Å². The molecule has 2 atom stereocenters. The van der Waals surface area contributed by atoms with Gasteiger partial charge in [0.1, 0.15) is 0 Å². The fourth-order valence-electron chi connectivity index (χ4n) is 1.47. The molecule has 0 fully saturated rings. The Kier molecular flexibility index (Phi) is 3.48. The number of hydrogen-bond donors (Lipinski definition) is 1. The summed E-state index contributed by atoms with van der Waals surface area (Å²) in [4.78, 5) is 11.4. The van der Waals surface area contributed by atoms with Crippen LogP contribution in [0.3, 0.4) is 0 Å². The van der Waals surface area contributed by atoms with Gasteiger partial charge in [-0.05, 0) is 19.4 Å². The topological polar surface area (TPSA) is 52.3 Å². The molecule has 0 amide bonds. The van der Waals surface area contributed by atoms with Gasteiger partial charge in [-0.1, -0.05) is 30.3 Å². The summed E-state index contributed by atoms with van der Waals surface area (Å²) in [7, 11) is 1.37. The van der Waals surface area contributed by atoms with Gasteiger partial charge in [0.05, 0.1) is 18.6 Å². The molecule has 0 radical (unpaired) electrons. The minimum absolute atomic E-state index is 0.288. The van der Waals surface area contributed by atoms with Crippen molar-refractivity contribution in [3.63, 3.8) is 0 Å². The van der Waals surface area contributed by atoms with Crippen molar-refractivity contribution in [1.82, 2.24) is 0 Å². The molecule has 0 aliphatic heterocycles. The summed E-state index contributed by atoms with van der Waals surface area (Å²) in [6.07, 6.45) is 0. The highest BCUT2D eigenvalue weighted by Gasteiger charge is 2.34. The standard InChI is InChI=1S/C12H17NO2/c1-9(11(14)15-3)12(2,13)10-7-5-4-6-8-10/h4-9H,13H2,1-3H3/t9-,12-/m1/s1. The maximum Gasteiger partial charge on any atom is 0.310 e. The summed E-state index contributed by atoms with van der Waals surface area (Å²) >= 11 is 0. The van der Waals surface area contributed by atoms with E-state index in [2.05, 4.69) is 0 Å². The lowest BCUT2D eigenvalue weighted by molar-refractivity contribution is -0.147. The molecule has 0 bridgehead atoms. The summed E-state index contributed by atoms with van der Waals surface area (Å²) in [6, 6.07) is 9.57. The first-order valence-electron chi connectivity index (χ1n) is 4.92. The molecule has 82 valence electrons. The molecule has 2 N–H and O–H groups in total. The van der Waals surface area contributed by atoms with Gasteiger partial charge in [0.2, 0.25) is 0 Å². The number of nitrogens with two attached hydrogens (primary N) is 1. The number of rotatable bonds is 3. The molecule has 0 aromatic heterocycles. The number of ether oxygens (including phenoxy) is 1. The van der Waals surface area contributed by atoms with Gasteiger partial charge in [-0.2, -0.15) is 0 Å². The van der Waals surface area contributed by atoms with Gasteiger partial charge in [-0.25, -0.2) is 0 Å². The van der Waals surface area contributed by atoms with Crippen LogP contribution in [0, 0.1) is 5.92 Å². The normalized spacial score (nSPS) is 16.5. The predicted octanol–water partition coefficient (Wildman–Crippen LogP) is 1.67. The Balaban J connectivity index is 2.97. The molecule has 0 aliphatic carbocycles. The van der Waals surface area contributed by atoms with Gasteiger partial charge in [0, 0.05) is 0 Å². The van der Waals surface area contributed by atoms with Crippen molar-refractivity contribution in [3.8, 4) is 0 Å². The average molecular weight is 207 g/mol. The molecule has 15 heavy (non-hydrogen) atoms. The fourth-order valence-corrected chi connectivity index (χ4v) is 1.47. The van der Waals surface area contributed by atoms with E-state index in [-0.39, 0.29) is 11.9 Å². The SMILES string of the molecule is COC(=O)[C@@H](C)[C@@](C)(N)c1ccccc1. The Morgan fingerprint density at radius 2 is 1.93 bits per heavy atom. The zero-order chi connectivity index (χ0) is 11.5. The first-order chi connectivity index (χ1) is 7.00. The smallest absolute Gasteiger partial charge is 0.310 e. The summed E-state index contributed by atoms with van der Waals surface area (Å²) < 4.78 is 4.70. The average Bonchev–Trinajstić information content (AvgIpc) is 2.28. The summed E-state index contributed by atoms with van der Waals surface area (Å²) in [5.74, 6) is -0.659. The van der Waals surface area contributed by atoms with Crippen LogP contribution in [0.25, 0.3) is 0 Å². The molecule has 0 unspecified atom stereocenters. The van der Waals surface area contributed by atoms with E-state index in [1.54, 1.807) is 6.92 Å². The Morgan fingerprint density at radius 3 is 2.40 bits per heavy atom. The van der Waals surface area contributed by atoms with Crippen molar-refractivity contribution in [2.45, 2.75) is 19.4 Å². The zero-order valence-electron chi connectivity index (χ0n) is 9.36. The second-order valence-electron chi connectivity index (χ2n) is 3.89. The highest BCUT2D eigenvalue weighted by Crippen LogP contribution is 2.26. The summed E-state index contributed by atoms with van der Waals surface area (Å²) in [5.41, 5.74) is 6.39. The van der Waals surface area contributed by atoms with Gasteiger partial charge in [-0.15, -0.1) is 0 Å². The van der Waals surface area contributed by atoms with E-state index >= 15 is 0 Å². The third kappa shape index (κ3) is 2.36. The number of carbonyl (C=O) groups is 1. The number of benzene rings is 1. The number of esters is 1. The lowest BCUT2D eigenvalue weighted by Crippen LogP contribution is -2.44. The van der Waals surface area contributed by atoms with Crippen molar-refractivity contribution in [2.24, 2.45) is 11.7 Å². The molecule has 0 aliphatic rings. The van der Waals surface area contributed by atoms with Crippen LogP contribution in [-0.2, 0) is 15.1 Å². The first-order valence-corrected chi connectivity index (χ1v) is 4.92. The maximum atomic E-state index is 11.4. The van der Waals surface area contributed by atoms with Gasteiger partial charge < -0.3 is 10.5 Å². The third-order valence-corrected chi connectivity index (χ3v) is 2.85. The Bertz CT molecular complexity index is 333. The zero-order valence-corrected chi connectivity index (χ0v) is 9.36. The van der Waals surface area contributed by atoms with Crippen molar-refractivity contribution < 1.29 is 9.53 Å². The van der Waals surface area contributed by atoms with Crippen molar-refractivity contribution in [3.05, 3.63) is 35.9 Å². The molecule has 1 aromatic rings. The monoisotopic (exact) mass is 207 g/mol. The van der Waals surface area contributed by atoms with Crippen LogP contribution in [-0.4, -0.2) is 13.1 Å². The molecule has 0 heterocycles. The Morgan fingerprint density at radius 1 is 1.40 bits per heavy atom. The van der Waals surface area contributed by atoms with Crippen molar-refractivity contribution in [1.29, 1.82) is 0 Å². The van der Waals surface area contributed by atoms with E-state index in [9.17, 15) is 4.79 Å². The molecule has 3 heteroatoms. The molecule has 1 aromatic carbocycles. The van der Waals surface area contributed by atoms with Crippen molar-refractivity contribution in [2.75, 3.05) is 7.11 Å². The number of hydrogen-bond acceptors (Lipinski definition) is 3. The van der Waals surface area contributed by atoms with E-state index in [4.69, 9.17) is 10.5 Å². The molecule has 0 spiro atoms. The third-order valence-electron chi connectivity index (χ3n) is 2.85. The number of carbonyl (C=O) groups excluding carboxylic acids is 1. The molecule has 1 rings (SSSR count). The molecule has 0 saturated heterocycles. The van der Waals surface area contributed by atoms with E-state index in [0.717, 1.165) is 5.56 Å². The van der Waals surface area contributed by atoms with Gasteiger partial charge in [-0.3, -0.25) is 4.79 Å². The van der Waals surface area contributed by atoms with Gasteiger partial charge >= 0.3 is 5.97 Å². The van der Waals surface area contributed by atoms with Gasteiger partial charge in [0.25, 0.3) is 0 Å². The van der Waals surface area contributed by atoms with Crippen LogP contribution in [0.5, 0.6) is 0 Å². The Hall–Kier alpha value is -1.35. The lowest BCUT2D eigenvalue weighted by atomic mass is 9.81. The second kappa shape index (κ2) is 4.45. The minimum atomic E-state index is -0.700. The molecular weight excluding hydrogens is 190 g/mol. The van der Waals surface area contributed by atoms with E-state index in [1.165, 1.54) is 7.11 Å². The maximum absolute atomic E-state index is 11.4. The molecule has 3 nitrogen and oxygen atoms in total. The predicted molar refractivity (Wildman–Crippen MR) is 59.2 cm³/mol. The highest BCUT2D eigenvalue weighted by molar-refractivity contribution is 5.73. The van der Waals surface area contributed by atoms with Crippen LogP contribution in [0.4, 0.5) is 0 Å². The first kappa shape index (κ1) is 11.7.